The molecular formula is C23H29N5O2. The average molecular weight is 408 g/mol. The minimum absolute atomic E-state index is 0.0103. The number of carbonyl (C=O) groups is 2. The molecule has 1 aliphatic heterocycles. The number of amides is 2. The molecule has 1 fully saturated rings. The van der Waals surface area contributed by atoms with Crippen molar-refractivity contribution in [2.75, 3.05) is 6.54 Å². The molecule has 2 aromatic rings. The molecule has 0 spiro atoms. The Balaban J connectivity index is 1.68. The average Bonchev–Trinajstić information content (AvgIpc) is 3.19. The van der Waals surface area contributed by atoms with Crippen LogP contribution in [-0.2, 0) is 16.1 Å². The molecule has 0 aromatic heterocycles. The molecule has 0 radical (unpaired) electrons. The van der Waals surface area contributed by atoms with Crippen LogP contribution in [0.2, 0.25) is 0 Å². The summed E-state index contributed by atoms with van der Waals surface area (Å²) in [7, 11) is 0. The fourth-order valence-corrected chi connectivity index (χ4v) is 4.13. The van der Waals surface area contributed by atoms with Crippen LogP contribution >= 0.6 is 0 Å². The summed E-state index contributed by atoms with van der Waals surface area (Å²) in [4.78, 5) is 27.0. The van der Waals surface area contributed by atoms with E-state index in [1.165, 1.54) is 0 Å². The molecule has 0 saturated carbocycles. The van der Waals surface area contributed by atoms with E-state index in [0.717, 1.165) is 11.1 Å². The van der Waals surface area contributed by atoms with Crippen molar-refractivity contribution >= 4 is 17.6 Å². The Labute approximate surface area is 176 Å². The second-order valence-electron chi connectivity index (χ2n) is 7.71. The molecule has 0 bridgehead atoms. The summed E-state index contributed by atoms with van der Waals surface area (Å²) in [5.41, 5.74) is 13.9. The molecule has 6 N–H and O–H groups in total. The number of benzene rings is 2. The van der Waals surface area contributed by atoms with E-state index in [4.69, 9.17) is 16.9 Å². The molecule has 3 atom stereocenters. The molecular weight excluding hydrogens is 378 g/mol. The van der Waals surface area contributed by atoms with Crippen LogP contribution in [0, 0.1) is 5.41 Å². The van der Waals surface area contributed by atoms with E-state index in [1.807, 2.05) is 42.2 Å². The van der Waals surface area contributed by atoms with Crippen LogP contribution in [-0.4, -0.2) is 41.2 Å². The van der Waals surface area contributed by atoms with Crippen molar-refractivity contribution in [2.45, 2.75) is 44.3 Å². The van der Waals surface area contributed by atoms with Crippen molar-refractivity contribution in [3.8, 4) is 0 Å². The largest absolute Gasteiger partial charge is 0.384 e. The van der Waals surface area contributed by atoms with Gasteiger partial charge in [-0.05, 0) is 29.9 Å². The van der Waals surface area contributed by atoms with Crippen LogP contribution < -0.4 is 16.8 Å². The summed E-state index contributed by atoms with van der Waals surface area (Å²) < 4.78 is 0. The topological polar surface area (TPSA) is 125 Å². The molecule has 1 heterocycles. The lowest BCUT2D eigenvalue weighted by Crippen LogP contribution is -2.52. The van der Waals surface area contributed by atoms with Crippen LogP contribution in [0.3, 0.4) is 0 Å². The molecule has 2 amide bonds. The van der Waals surface area contributed by atoms with Gasteiger partial charge in [0.1, 0.15) is 5.84 Å². The summed E-state index contributed by atoms with van der Waals surface area (Å²) >= 11 is 0. The van der Waals surface area contributed by atoms with Gasteiger partial charge in [-0.3, -0.25) is 19.9 Å². The standard InChI is InChI=1S/C23H29N5O2/c1-2-19(23(30)27-13-15-8-10-17(11-9-15)21(24)25)28-14-18(12-20(28)22(26)29)16-6-4-3-5-7-16/h3-11,18-20H,2,12-14H2,1H3,(H3,24,25)(H2,26,29)(H,27,30)/t18?,19-,20?/m0/s1. The summed E-state index contributed by atoms with van der Waals surface area (Å²) in [6.07, 6.45) is 1.20. The molecule has 2 unspecified atom stereocenters. The maximum Gasteiger partial charge on any atom is 0.237 e. The zero-order valence-corrected chi connectivity index (χ0v) is 17.2. The predicted molar refractivity (Wildman–Crippen MR) is 117 cm³/mol. The number of nitrogens with zero attached hydrogens (tertiary/aromatic N) is 1. The fourth-order valence-electron chi connectivity index (χ4n) is 4.13. The summed E-state index contributed by atoms with van der Waals surface area (Å²) in [5, 5.41) is 10.4. The number of carbonyl (C=O) groups excluding carboxylic acids is 2. The Kier molecular flexibility index (Phi) is 6.84. The summed E-state index contributed by atoms with van der Waals surface area (Å²) in [6.45, 7) is 2.93. The monoisotopic (exact) mass is 407 g/mol. The quantitative estimate of drug-likeness (QED) is 0.393. The van der Waals surface area contributed by atoms with E-state index < -0.39 is 12.1 Å². The second-order valence-corrected chi connectivity index (χ2v) is 7.71. The highest BCUT2D eigenvalue weighted by Gasteiger charge is 2.41. The highest BCUT2D eigenvalue weighted by atomic mass is 16.2. The Morgan fingerprint density at radius 3 is 2.37 bits per heavy atom. The second kappa shape index (κ2) is 9.54. The third-order valence-electron chi connectivity index (χ3n) is 5.76. The third kappa shape index (κ3) is 4.86. The van der Waals surface area contributed by atoms with Gasteiger partial charge in [-0.15, -0.1) is 0 Å². The van der Waals surface area contributed by atoms with Gasteiger partial charge in [0.25, 0.3) is 0 Å². The smallest absolute Gasteiger partial charge is 0.237 e. The molecule has 30 heavy (non-hydrogen) atoms. The van der Waals surface area contributed by atoms with E-state index in [1.54, 1.807) is 12.1 Å². The highest BCUT2D eigenvalue weighted by Crippen LogP contribution is 2.33. The first-order valence-corrected chi connectivity index (χ1v) is 10.2. The Morgan fingerprint density at radius 2 is 1.80 bits per heavy atom. The Morgan fingerprint density at radius 1 is 1.13 bits per heavy atom. The van der Waals surface area contributed by atoms with E-state index in [9.17, 15) is 9.59 Å². The van der Waals surface area contributed by atoms with E-state index in [-0.39, 0.29) is 23.6 Å². The maximum absolute atomic E-state index is 13.0. The first kappa shape index (κ1) is 21.5. The van der Waals surface area contributed by atoms with Gasteiger partial charge in [-0.25, -0.2) is 0 Å². The normalized spacial score (nSPS) is 19.9. The van der Waals surface area contributed by atoms with Crippen LogP contribution in [0.4, 0.5) is 0 Å². The Bertz CT molecular complexity index is 898. The number of likely N-dealkylation sites (tertiary alicyclic amines) is 1. The molecule has 2 aromatic carbocycles. The molecule has 1 aliphatic rings. The van der Waals surface area contributed by atoms with Gasteiger partial charge in [0.05, 0.1) is 12.1 Å². The van der Waals surface area contributed by atoms with Crippen molar-refractivity contribution in [3.63, 3.8) is 0 Å². The van der Waals surface area contributed by atoms with Crippen molar-refractivity contribution in [3.05, 3.63) is 71.3 Å². The fraction of sp³-hybridized carbons (Fsp3) is 0.348. The number of primary amides is 1. The minimum Gasteiger partial charge on any atom is -0.384 e. The number of nitrogens with one attached hydrogen (secondary N) is 2. The van der Waals surface area contributed by atoms with Gasteiger partial charge in [0, 0.05) is 18.7 Å². The van der Waals surface area contributed by atoms with Gasteiger partial charge < -0.3 is 16.8 Å². The minimum atomic E-state index is -0.458. The molecule has 158 valence electrons. The molecule has 7 nitrogen and oxygen atoms in total. The SMILES string of the molecule is CC[C@@H](C(=O)NCc1ccc(C(=N)N)cc1)N1CC(c2ccccc2)CC1C(N)=O. The third-order valence-corrected chi connectivity index (χ3v) is 5.76. The summed E-state index contributed by atoms with van der Waals surface area (Å²) in [6, 6.07) is 16.4. The predicted octanol–water partition coefficient (Wildman–Crippen LogP) is 1.71. The van der Waals surface area contributed by atoms with Crippen molar-refractivity contribution in [1.82, 2.24) is 10.2 Å². The van der Waals surface area contributed by atoms with E-state index in [0.29, 0.717) is 31.5 Å². The lowest BCUT2D eigenvalue weighted by Gasteiger charge is -2.30. The van der Waals surface area contributed by atoms with E-state index in [2.05, 4.69) is 17.4 Å². The number of nitrogen functional groups attached to an aromatic ring is 1. The number of rotatable bonds is 8. The van der Waals surface area contributed by atoms with Gasteiger partial charge in [0.15, 0.2) is 0 Å². The summed E-state index contributed by atoms with van der Waals surface area (Å²) in [5.74, 6) is -0.326. The van der Waals surface area contributed by atoms with E-state index >= 15 is 0 Å². The van der Waals surface area contributed by atoms with Crippen LogP contribution in [0.1, 0.15) is 42.4 Å². The van der Waals surface area contributed by atoms with Crippen LogP contribution in [0.5, 0.6) is 0 Å². The van der Waals surface area contributed by atoms with Gasteiger partial charge >= 0.3 is 0 Å². The van der Waals surface area contributed by atoms with Gasteiger partial charge in [0.2, 0.25) is 11.8 Å². The number of nitrogens with two attached hydrogens (primary N) is 2. The zero-order chi connectivity index (χ0) is 21.7. The number of hydrogen-bond acceptors (Lipinski definition) is 4. The molecule has 7 heteroatoms. The first-order chi connectivity index (χ1) is 14.4. The maximum atomic E-state index is 13.0. The first-order valence-electron chi connectivity index (χ1n) is 10.2. The lowest BCUT2D eigenvalue weighted by atomic mass is 9.96. The van der Waals surface area contributed by atoms with Gasteiger partial charge in [-0.1, -0.05) is 61.5 Å². The van der Waals surface area contributed by atoms with Gasteiger partial charge in [-0.2, -0.15) is 0 Å². The van der Waals surface area contributed by atoms with Crippen LogP contribution in [0.15, 0.2) is 54.6 Å². The lowest BCUT2D eigenvalue weighted by molar-refractivity contribution is -0.130. The zero-order valence-electron chi connectivity index (χ0n) is 17.2. The van der Waals surface area contributed by atoms with Crippen molar-refractivity contribution < 1.29 is 9.59 Å². The molecule has 1 saturated heterocycles. The molecule has 0 aliphatic carbocycles. The number of amidine groups is 1. The Hall–Kier alpha value is -3.19. The van der Waals surface area contributed by atoms with Crippen molar-refractivity contribution in [2.24, 2.45) is 11.5 Å². The van der Waals surface area contributed by atoms with Crippen molar-refractivity contribution in [1.29, 1.82) is 5.41 Å². The van der Waals surface area contributed by atoms with Crippen LogP contribution in [0.25, 0.3) is 0 Å². The molecule has 3 rings (SSSR count). The number of hydrogen-bond donors (Lipinski definition) is 4. The highest BCUT2D eigenvalue weighted by molar-refractivity contribution is 5.94.